The van der Waals surface area contributed by atoms with E-state index in [-0.39, 0.29) is 16.5 Å². The number of benzene rings is 2. The molecule has 0 aliphatic carbocycles. The second-order valence-corrected chi connectivity index (χ2v) is 13.8. The Bertz CT molecular complexity index is 1130. The summed E-state index contributed by atoms with van der Waals surface area (Å²) in [4.78, 5) is 10.8. The third-order valence-electron chi connectivity index (χ3n) is 9.35. The van der Waals surface area contributed by atoms with E-state index in [9.17, 15) is 0 Å². The first-order valence-corrected chi connectivity index (χ1v) is 20.0. The number of aryl methyl sites for hydroxylation is 4. The third-order valence-corrected chi connectivity index (χ3v) is 9.35. The Kier molecular flexibility index (Phi) is 25.9. The summed E-state index contributed by atoms with van der Waals surface area (Å²) in [5.74, 6) is 0. The van der Waals surface area contributed by atoms with Gasteiger partial charge in [0, 0.05) is 16.5 Å². The minimum Gasteiger partial charge on any atom is -0.252 e. The number of hydrogen-bond donors (Lipinski definition) is 0. The number of rotatable bonds is 27. The molecule has 0 atom stereocenters. The number of unbranched alkanes of at least 4 members (excludes halogenated alkanes) is 12. The summed E-state index contributed by atoms with van der Waals surface area (Å²) in [6.45, 7) is 13.7. The molecule has 0 aliphatic rings. The monoisotopic (exact) mass is 687 g/mol. The molecule has 0 fully saturated rings. The molecule has 268 valence electrons. The van der Waals surface area contributed by atoms with Gasteiger partial charge in [-0.1, -0.05) is 156 Å². The Labute approximate surface area is 302 Å². The van der Waals surface area contributed by atoms with Crippen LogP contribution in [0.3, 0.4) is 0 Å². The van der Waals surface area contributed by atoms with E-state index in [2.05, 4.69) is 77.9 Å². The molecule has 2 aromatic carbocycles. The van der Waals surface area contributed by atoms with Gasteiger partial charge in [0.2, 0.25) is 0 Å². The van der Waals surface area contributed by atoms with Crippen LogP contribution in [0, 0.1) is 0 Å². The van der Waals surface area contributed by atoms with Crippen molar-refractivity contribution in [1.29, 1.82) is 0 Å². The predicted molar refractivity (Wildman–Crippen MR) is 208 cm³/mol. The second kappa shape index (κ2) is 28.1. The van der Waals surface area contributed by atoms with E-state index in [1.54, 1.807) is 0 Å². The Hall–Kier alpha value is -1.73. The molecule has 0 amide bonds. The third kappa shape index (κ3) is 18.0. The maximum atomic E-state index is 5.43. The van der Waals surface area contributed by atoms with E-state index in [1.165, 1.54) is 143 Å². The molecule has 2 nitrogen and oxygen atoms in total. The van der Waals surface area contributed by atoms with Gasteiger partial charge in [0.15, 0.2) is 0 Å². The van der Waals surface area contributed by atoms with Crippen molar-refractivity contribution < 1.29 is 16.5 Å². The molecule has 0 unspecified atom stereocenters. The van der Waals surface area contributed by atoms with Crippen molar-refractivity contribution >= 4 is 22.8 Å². The Morgan fingerprint density at radius 2 is 0.723 bits per heavy atom. The SMILES string of the molecule is CCCCCCCCCCCCCCC(=N\c1ccc(CCC)c(CCC)c1)/C(CCCC)=N/c1ccc(CCC)c(CCC)c1.[Ni]. The van der Waals surface area contributed by atoms with Crippen LogP contribution in [0.15, 0.2) is 46.4 Å². The maximum absolute atomic E-state index is 5.43. The van der Waals surface area contributed by atoms with Crippen LogP contribution in [-0.2, 0) is 42.2 Å². The Morgan fingerprint density at radius 3 is 1.11 bits per heavy atom. The van der Waals surface area contributed by atoms with Crippen LogP contribution in [0.1, 0.15) is 192 Å². The molecule has 47 heavy (non-hydrogen) atoms. The Balaban J connectivity index is 0.0000110. The van der Waals surface area contributed by atoms with E-state index in [4.69, 9.17) is 9.98 Å². The molecule has 0 spiro atoms. The van der Waals surface area contributed by atoms with Crippen LogP contribution in [0.2, 0.25) is 0 Å². The van der Waals surface area contributed by atoms with Crippen molar-refractivity contribution in [1.82, 2.24) is 0 Å². The smallest absolute Gasteiger partial charge is 0.0636 e. The molecule has 0 N–H and O–H groups in total. The first kappa shape index (κ1) is 43.3. The summed E-state index contributed by atoms with van der Waals surface area (Å²) in [5.41, 5.74) is 10.6. The normalized spacial score (nSPS) is 12.0. The summed E-state index contributed by atoms with van der Waals surface area (Å²) in [6.07, 6.45) is 30.1. The molecule has 0 radical (unpaired) electrons. The fourth-order valence-electron chi connectivity index (χ4n) is 6.71. The summed E-state index contributed by atoms with van der Waals surface area (Å²) in [5, 5.41) is 0. The van der Waals surface area contributed by atoms with Crippen LogP contribution >= 0.6 is 0 Å². The van der Waals surface area contributed by atoms with Crippen molar-refractivity contribution in [2.75, 3.05) is 0 Å². The molecule has 0 bridgehead atoms. The van der Waals surface area contributed by atoms with Gasteiger partial charge in [-0.25, -0.2) is 0 Å². The topological polar surface area (TPSA) is 24.7 Å². The van der Waals surface area contributed by atoms with Crippen LogP contribution in [0.5, 0.6) is 0 Å². The van der Waals surface area contributed by atoms with Gasteiger partial charge in [0.1, 0.15) is 0 Å². The molecule has 3 heteroatoms. The number of hydrogen-bond acceptors (Lipinski definition) is 2. The summed E-state index contributed by atoms with van der Waals surface area (Å²) in [7, 11) is 0. The van der Waals surface area contributed by atoms with Crippen molar-refractivity contribution in [3.8, 4) is 0 Å². The van der Waals surface area contributed by atoms with Gasteiger partial charge in [-0.3, -0.25) is 9.98 Å². The first-order chi connectivity index (χ1) is 22.6. The van der Waals surface area contributed by atoms with Crippen molar-refractivity contribution in [3.05, 3.63) is 58.7 Å². The van der Waals surface area contributed by atoms with Crippen LogP contribution in [-0.4, -0.2) is 11.4 Å². The predicted octanol–water partition coefficient (Wildman–Crippen LogP) is 14.6. The zero-order valence-corrected chi connectivity index (χ0v) is 32.6. The number of aliphatic imine (C=N–C) groups is 2. The minimum absolute atomic E-state index is 0. The van der Waals surface area contributed by atoms with Crippen molar-refractivity contribution in [2.45, 2.75) is 196 Å². The van der Waals surface area contributed by atoms with E-state index in [1.807, 2.05) is 0 Å². The van der Waals surface area contributed by atoms with Gasteiger partial charge in [-0.15, -0.1) is 0 Å². The summed E-state index contributed by atoms with van der Waals surface area (Å²) >= 11 is 0. The van der Waals surface area contributed by atoms with Gasteiger partial charge in [-0.05, 0) is 97.9 Å². The van der Waals surface area contributed by atoms with Gasteiger partial charge >= 0.3 is 0 Å². The van der Waals surface area contributed by atoms with Crippen molar-refractivity contribution in [3.63, 3.8) is 0 Å². The van der Waals surface area contributed by atoms with E-state index in [0.29, 0.717) is 0 Å². The Morgan fingerprint density at radius 1 is 0.383 bits per heavy atom. The second-order valence-electron chi connectivity index (χ2n) is 13.8. The van der Waals surface area contributed by atoms with Crippen molar-refractivity contribution in [2.24, 2.45) is 9.98 Å². The van der Waals surface area contributed by atoms with Crippen LogP contribution < -0.4 is 0 Å². The quantitative estimate of drug-likeness (QED) is 0.0507. The fraction of sp³-hybridized carbons (Fsp3) is 0.682. The van der Waals surface area contributed by atoms with Gasteiger partial charge < -0.3 is 0 Å². The van der Waals surface area contributed by atoms with Gasteiger partial charge in [-0.2, -0.15) is 0 Å². The first-order valence-electron chi connectivity index (χ1n) is 20.0. The molecule has 0 heterocycles. The van der Waals surface area contributed by atoms with Gasteiger partial charge in [0.05, 0.1) is 22.8 Å². The minimum atomic E-state index is 0. The summed E-state index contributed by atoms with van der Waals surface area (Å²) < 4.78 is 0. The van der Waals surface area contributed by atoms with E-state index < -0.39 is 0 Å². The summed E-state index contributed by atoms with van der Waals surface area (Å²) in [6, 6.07) is 14.0. The molecule has 0 saturated carbocycles. The van der Waals surface area contributed by atoms with Gasteiger partial charge in [0.25, 0.3) is 0 Å². The molecule has 2 aromatic rings. The largest absolute Gasteiger partial charge is 0.252 e. The zero-order valence-electron chi connectivity index (χ0n) is 31.6. The van der Waals surface area contributed by atoms with Crippen LogP contribution in [0.25, 0.3) is 0 Å². The standard InChI is InChI=1S/C44H72N2.Ni/c1-7-13-15-16-17-18-19-20-21-22-23-24-30-44(46-42-34-32-38(26-10-4)40(36-42)28-12-6)43(29-14-8-2)45-41-33-31-37(25-9-3)39(35-41)27-11-5;/h31-36H,7-30H2,1-6H3;/b45-43+,46-44+;. The molecule has 0 aromatic heterocycles. The molecule has 0 aliphatic heterocycles. The zero-order chi connectivity index (χ0) is 33.2. The molecule has 0 saturated heterocycles. The molecular weight excluding hydrogens is 615 g/mol. The molecule has 2 rings (SSSR count). The maximum Gasteiger partial charge on any atom is 0.0636 e. The molecular formula is C44H72N2Ni. The van der Waals surface area contributed by atoms with E-state index >= 15 is 0 Å². The van der Waals surface area contributed by atoms with E-state index in [0.717, 1.165) is 56.3 Å². The fourth-order valence-corrected chi connectivity index (χ4v) is 6.71. The average Bonchev–Trinajstić information content (AvgIpc) is 3.05. The average molecular weight is 688 g/mol. The van der Waals surface area contributed by atoms with Crippen LogP contribution in [0.4, 0.5) is 11.4 Å². The number of nitrogens with zero attached hydrogens (tertiary/aromatic N) is 2.